The van der Waals surface area contributed by atoms with Gasteiger partial charge in [-0.15, -0.1) is 0 Å². The van der Waals surface area contributed by atoms with Crippen LogP contribution in [0.5, 0.6) is 0 Å². The van der Waals surface area contributed by atoms with Gasteiger partial charge in [0.1, 0.15) is 0 Å². The maximum Gasteiger partial charge on any atom is 0.0159 e. The molecule has 1 aliphatic carbocycles. The van der Waals surface area contributed by atoms with Crippen LogP contribution < -0.4 is 5.32 Å². The van der Waals surface area contributed by atoms with Crippen molar-refractivity contribution in [3.63, 3.8) is 0 Å². The predicted molar refractivity (Wildman–Crippen MR) is 94.8 cm³/mol. The summed E-state index contributed by atoms with van der Waals surface area (Å²) in [7, 11) is 2.32. The van der Waals surface area contributed by atoms with Crippen molar-refractivity contribution < 1.29 is 0 Å². The third kappa shape index (κ3) is 5.90. The van der Waals surface area contributed by atoms with Gasteiger partial charge in [-0.25, -0.2) is 0 Å². The van der Waals surface area contributed by atoms with Crippen molar-refractivity contribution in [2.45, 2.75) is 85.7 Å². The number of hydrogen-bond donors (Lipinski definition) is 1. The molecule has 0 aromatic carbocycles. The molecule has 1 saturated carbocycles. The molecule has 0 bridgehead atoms. The molecule has 2 nitrogen and oxygen atoms in total. The van der Waals surface area contributed by atoms with E-state index in [-0.39, 0.29) is 0 Å². The van der Waals surface area contributed by atoms with E-state index in [2.05, 4.69) is 58.8 Å². The quantitative estimate of drug-likeness (QED) is 0.707. The van der Waals surface area contributed by atoms with Crippen molar-refractivity contribution in [2.75, 3.05) is 20.1 Å². The summed E-state index contributed by atoms with van der Waals surface area (Å²) < 4.78 is 0. The van der Waals surface area contributed by atoms with E-state index < -0.39 is 0 Å². The topological polar surface area (TPSA) is 15.3 Å². The van der Waals surface area contributed by atoms with E-state index in [9.17, 15) is 0 Å². The molecule has 0 heterocycles. The van der Waals surface area contributed by atoms with Crippen molar-refractivity contribution in [2.24, 2.45) is 17.3 Å². The van der Waals surface area contributed by atoms with Crippen molar-refractivity contribution in [3.05, 3.63) is 0 Å². The molecular weight excluding hydrogens is 256 g/mol. The molecule has 0 amide bonds. The van der Waals surface area contributed by atoms with Crippen LogP contribution in [0.15, 0.2) is 0 Å². The fourth-order valence-electron chi connectivity index (χ4n) is 4.13. The van der Waals surface area contributed by atoms with Crippen molar-refractivity contribution in [3.8, 4) is 0 Å². The van der Waals surface area contributed by atoms with Crippen LogP contribution in [0.1, 0.15) is 73.6 Å². The van der Waals surface area contributed by atoms with Gasteiger partial charge in [0.2, 0.25) is 0 Å². The summed E-state index contributed by atoms with van der Waals surface area (Å²) in [6.07, 6.45) is 6.70. The normalized spacial score (nSPS) is 27.3. The van der Waals surface area contributed by atoms with Gasteiger partial charge in [-0.2, -0.15) is 0 Å². The monoisotopic (exact) mass is 296 g/mol. The SMILES string of the molecule is CCCNC1C(CN(C)C(C)CC(C)C)CCCC1(C)C. The highest BCUT2D eigenvalue weighted by Crippen LogP contribution is 2.39. The average Bonchev–Trinajstić information content (AvgIpc) is 2.36. The molecule has 3 atom stereocenters. The summed E-state index contributed by atoms with van der Waals surface area (Å²) in [4.78, 5) is 2.60. The second-order valence-corrected chi connectivity index (χ2v) is 8.49. The van der Waals surface area contributed by atoms with E-state index in [1.54, 1.807) is 0 Å². The molecule has 1 fully saturated rings. The fraction of sp³-hybridized carbons (Fsp3) is 1.00. The molecule has 0 radical (unpaired) electrons. The van der Waals surface area contributed by atoms with Crippen LogP contribution in [0, 0.1) is 17.3 Å². The van der Waals surface area contributed by atoms with Gasteiger partial charge in [0.05, 0.1) is 0 Å². The Morgan fingerprint density at radius 3 is 2.48 bits per heavy atom. The molecular formula is C19H40N2. The van der Waals surface area contributed by atoms with Gasteiger partial charge in [0, 0.05) is 18.6 Å². The molecule has 0 saturated heterocycles. The van der Waals surface area contributed by atoms with E-state index in [0.29, 0.717) is 17.5 Å². The van der Waals surface area contributed by atoms with E-state index in [0.717, 1.165) is 18.4 Å². The Bertz CT molecular complexity index is 285. The molecule has 1 N–H and O–H groups in total. The molecule has 0 aliphatic heterocycles. The molecule has 0 aromatic heterocycles. The Morgan fingerprint density at radius 2 is 1.90 bits per heavy atom. The summed E-state index contributed by atoms with van der Waals surface area (Å²) in [5, 5.41) is 3.87. The highest BCUT2D eigenvalue weighted by atomic mass is 15.1. The van der Waals surface area contributed by atoms with Crippen molar-refractivity contribution in [1.82, 2.24) is 10.2 Å². The van der Waals surface area contributed by atoms with E-state index in [4.69, 9.17) is 0 Å². The summed E-state index contributed by atoms with van der Waals surface area (Å²) >= 11 is 0. The minimum absolute atomic E-state index is 0.445. The molecule has 126 valence electrons. The number of nitrogens with zero attached hydrogens (tertiary/aromatic N) is 1. The van der Waals surface area contributed by atoms with Crippen molar-refractivity contribution >= 4 is 0 Å². The molecule has 2 heteroatoms. The highest BCUT2D eigenvalue weighted by Gasteiger charge is 2.38. The summed E-state index contributed by atoms with van der Waals surface area (Å²) in [6, 6.07) is 1.38. The molecule has 0 aromatic rings. The van der Waals surface area contributed by atoms with Gasteiger partial charge in [-0.05, 0) is 63.5 Å². The first-order valence-corrected chi connectivity index (χ1v) is 9.21. The second-order valence-electron chi connectivity index (χ2n) is 8.49. The van der Waals surface area contributed by atoms with Crippen LogP contribution in [-0.2, 0) is 0 Å². The van der Waals surface area contributed by atoms with E-state index in [1.807, 2.05) is 0 Å². The van der Waals surface area contributed by atoms with Gasteiger partial charge in [0.25, 0.3) is 0 Å². The van der Waals surface area contributed by atoms with Crippen molar-refractivity contribution in [1.29, 1.82) is 0 Å². The Hall–Kier alpha value is -0.0800. The minimum Gasteiger partial charge on any atom is -0.313 e. The zero-order valence-electron chi connectivity index (χ0n) is 15.7. The zero-order valence-corrected chi connectivity index (χ0v) is 15.7. The van der Waals surface area contributed by atoms with Gasteiger partial charge < -0.3 is 10.2 Å². The first-order valence-electron chi connectivity index (χ1n) is 9.21. The Balaban J connectivity index is 2.64. The van der Waals surface area contributed by atoms with E-state index >= 15 is 0 Å². The third-order valence-corrected chi connectivity index (χ3v) is 5.41. The summed E-state index contributed by atoms with van der Waals surface area (Å²) in [5.41, 5.74) is 0.445. The molecule has 21 heavy (non-hydrogen) atoms. The maximum atomic E-state index is 3.87. The van der Waals surface area contributed by atoms with Crippen LogP contribution >= 0.6 is 0 Å². The number of hydrogen-bond acceptors (Lipinski definition) is 2. The lowest BCUT2D eigenvalue weighted by Gasteiger charge is -2.46. The van der Waals surface area contributed by atoms with Crippen LogP contribution in [0.25, 0.3) is 0 Å². The van der Waals surface area contributed by atoms with Crippen LogP contribution in [0.4, 0.5) is 0 Å². The highest BCUT2D eigenvalue weighted by molar-refractivity contribution is 4.94. The first-order chi connectivity index (χ1) is 9.77. The van der Waals surface area contributed by atoms with E-state index in [1.165, 1.54) is 38.6 Å². The Morgan fingerprint density at radius 1 is 1.24 bits per heavy atom. The Labute approximate surface area is 134 Å². The van der Waals surface area contributed by atoms with Gasteiger partial charge >= 0.3 is 0 Å². The molecule has 1 aliphatic rings. The third-order valence-electron chi connectivity index (χ3n) is 5.41. The lowest BCUT2D eigenvalue weighted by Crippen LogP contribution is -2.53. The van der Waals surface area contributed by atoms with Crippen LogP contribution in [-0.4, -0.2) is 37.1 Å². The van der Waals surface area contributed by atoms with Crippen LogP contribution in [0.3, 0.4) is 0 Å². The minimum atomic E-state index is 0.445. The number of rotatable bonds is 8. The zero-order chi connectivity index (χ0) is 16.0. The smallest absolute Gasteiger partial charge is 0.0159 e. The average molecular weight is 297 g/mol. The van der Waals surface area contributed by atoms with Gasteiger partial charge in [-0.3, -0.25) is 0 Å². The fourth-order valence-corrected chi connectivity index (χ4v) is 4.13. The maximum absolute atomic E-state index is 3.87. The lowest BCUT2D eigenvalue weighted by molar-refractivity contribution is 0.0735. The lowest BCUT2D eigenvalue weighted by atomic mass is 9.67. The summed E-state index contributed by atoms with van der Waals surface area (Å²) in [6.45, 7) is 16.7. The van der Waals surface area contributed by atoms with Gasteiger partial charge in [-0.1, -0.05) is 41.0 Å². The standard InChI is InChI=1S/C19H40N2/c1-8-12-20-18-17(10-9-11-19(18,5)6)14-21(7)16(4)13-15(2)3/h15-18,20H,8-14H2,1-7H3. The molecule has 1 rings (SSSR count). The summed E-state index contributed by atoms with van der Waals surface area (Å²) in [5.74, 6) is 1.60. The largest absolute Gasteiger partial charge is 0.313 e. The van der Waals surface area contributed by atoms with Crippen LogP contribution in [0.2, 0.25) is 0 Å². The first kappa shape index (κ1) is 19.0. The molecule has 0 spiro atoms. The number of nitrogens with one attached hydrogen (secondary N) is 1. The Kier molecular flexibility index (Phi) is 7.70. The second kappa shape index (κ2) is 8.53. The van der Waals surface area contributed by atoms with Gasteiger partial charge in [0.15, 0.2) is 0 Å². The molecule has 3 unspecified atom stereocenters. The predicted octanol–water partition coefficient (Wildman–Crippen LogP) is 4.55.